The number of hydrogen-bond donors (Lipinski definition) is 1. The lowest BCUT2D eigenvalue weighted by Crippen LogP contribution is -1.82. The summed E-state index contributed by atoms with van der Waals surface area (Å²) in [5.74, 6) is 0.635. The highest BCUT2D eigenvalue weighted by Crippen LogP contribution is 2.20. The van der Waals surface area contributed by atoms with E-state index in [0.717, 1.165) is 5.56 Å². The number of aliphatic hydroxyl groups excluding tert-OH is 1. The van der Waals surface area contributed by atoms with Crippen LogP contribution in [0.15, 0.2) is 24.3 Å². The predicted octanol–water partition coefficient (Wildman–Crippen LogP) is 2.35. The minimum absolute atomic E-state index is 0.0642. The Balaban J connectivity index is 2.34. The van der Waals surface area contributed by atoms with Gasteiger partial charge in [0.1, 0.15) is 5.01 Å². The Labute approximate surface area is 90.2 Å². The van der Waals surface area contributed by atoms with Crippen LogP contribution in [0.3, 0.4) is 0 Å². The first-order valence-corrected chi connectivity index (χ1v) is 5.14. The Morgan fingerprint density at radius 2 is 2.00 bits per heavy atom. The van der Waals surface area contributed by atoms with Crippen molar-refractivity contribution in [3.05, 3.63) is 34.3 Å². The lowest BCUT2D eigenvalue weighted by molar-refractivity contribution is 0.281. The lowest BCUT2D eigenvalue weighted by atomic mass is 10.2. The van der Waals surface area contributed by atoms with Crippen LogP contribution in [0.2, 0.25) is 5.02 Å². The molecule has 0 aliphatic rings. The molecule has 72 valence electrons. The third-order valence-electron chi connectivity index (χ3n) is 1.71. The fourth-order valence-electron chi connectivity index (χ4n) is 1.04. The standard InChI is InChI=1S/C9H7ClN2OS/c10-7-3-1-6(2-4-7)9-11-8(5-13)14-12-9/h1-4,13H,5H2. The van der Waals surface area contributed by atoms with Gasteiger partial charge >= 0.3 is 0 Å². The van der Waals surface area contributed by atoms with E-state index >= 15 is 0 Å². The summed E-state index contributed by atoms with van der Waals surface area (Å²) >= 11 is 6.96. The fraction of sp³-hybridized carbons (Fsp3) is 0.111. The van der Waals surface area contributed by atoms with Crippen molar-refractivity contribution in [2.24, 2.45) is 0 Å². The molecule has 0 saturated carbocycles. The molecule has 0 radical (unpaired) electrons. The first-order chi connectivity index (χ1) is 6.79. The molecule has 0 unspecified atom stereocenters. The Morgan fingerprint density at radius 1 is 1.29 bits per heavy atom. The second kappa shape index (κ2) is 4.04. The number of benzene rings is 1. The first-order valence-electron chi connectivity index (χ1n) is 3.99. The van der Waals surface area contributed by atoms with Crippen molar-refractivity contribution in [1.82, 2.24) is 9.36 Å². The largest absolute Gasteiger partial charge is 0.389 e. The molecular weight excluding hydrogens is 220 g/mol. The molecule has 1 heterocycles. The van der Waals surface area contributed by atoms with E-state index in [9.17, 15) is 0 Å². The number of halogens is 1. The van der Waals surface area contributed by atoms with Gasteiger partial charge in [-0.15, -0.1) is 0 Å². The number of nitrogens with zero attached hydrogens (tertiary/aromatic N) is 2. The van der Waals surface area contributed by atoms with E-state index in [1.165, 1.54) is 11.5 Å². The van der Waals surface area contributed by atoms with E-state index in [4.69, 9.17) is 16.7 Å². The van der Waals surface area contributed by atoms with Gasteiger partial charge in [0.15, 0.2) is 5.82 Å². The maximum Gasteiger partial charge on any atom is 0.173 e. The molecular formula is C9H7ClN2OS. The third-order valence-corrected chi connectivity index (χ3v) is 2.65. The van der Waals surface area contributed by atoms with Crippen molar-refractivity contribution in [3.63, 3.8) is 0 Å². The Kier molecular flexibility index (Phi) is 2.77. The molecule has 0 saturated heterocycles. The molecule has 1 aromatic carbocycles. The number of aromatic nitrogens is 2. The van der Waals surface area contributed by atoms with E-state index in [0.29, 0.717) is 15.9 Å². The summed E-state index contributed by atoms with van der Waals surface area (Å²) in [7, 11) is 0. The fourth-order valence-corrected chi connectivity index (χ4v) is 1.68. The Morgan fingerprint density at radius 3 is 2.57 bits per heavy atom. The Bertz CT molecular complexity index is 427. The topological polar surface area (TPSA) is 46.0 Å². The van der Waals surface area contributed by atoms with Crippen molar-refractivity contribution in [2.45, 2.75) is 6.61 Å². The summed E-state index contributed by atoms with van der Waals surface area (Å²) in [6.45, 7) is -0.0642. The van der Waals surface area contributed by atoms with Gasteiger partial charge in [0.25, 0.3) is 0 Å². The molecule has 3 nitrogen and oxygen atoms in total. The Hall–Kier alpha value is -0.970. The van der Waals surface area contributed by atoms with E-state index in [1.807, 2.05) is 12.1 Å². The van der Waals surface area contributed by atoms with Crippen molar-refractivity contribution >= 4 is 23.1 Å². The van der Waals surface area contributed by atoms with E-state index < -0.39 is 0 Å². The maximum absolute atomic E-state index is 8.83. The number of hydrogen-bond acceptors (Lipinski definition) is 4. The maximum atomic E-state index is 8.83. The molecule has 0 bridgehead atoms. The van der Waals surface area contributed by atoms with Crippen LogP contribution in [0.25, 0.3) is 11.4 Å². The van der Waals surface area contributed by atoms with Gasteiger partial charge in [0.2, 0.25) is 0 Å². The molecule has 0 aliphatic heterocycles. The molecule has 0 spiro atoms. The molecule has 0 aliphatic carbocycles. The van der Waals surface area contributed by atoms with Crippen molar-refractivity contribution < 1.29 is 5.11 Å². The van der Waals surface area contributed by atoms with Gasteiger partial charge in [-0.05, 0) is 35.8 Å². The third kappa shape index (κ3) is 1.92. The summed E-state index contributed by atoms with van der Waals surface area (Å²) in [6, 6.07) is 7.28. The van der Waals surface area contributed by atoms with Crippen LogP contribution in [0.1, 0.15) is 5.01 Å². The average Bonchev–Trinajstić information content (AvgIpc) is 2.67. The van der Waals surface area contributed by atoms with Crippen LogP contribution >= 0.6 is 23.1 Å². The average molecular weight is 227 g/mol. The number of aliphatic hydroxyl groups is 1. The minimum Gasteiger partial charge on any atom is -0.389 e. The summed E-state index contributed by atoms with van der Waals surface area (Å²) in [5.41, 5.74) is 0.908. The van der Waals surface area contributed by atoms with Crippen LogP contribution < -0.4 is 0 Å². The van der Waals surface area contributed by atoms with Gasteiger partial charge in [0.05, 0.1) is 6.61 Å². The van der Waals surface area contributed by atoms with Gasteiger partial charge in [-0.1, -0.05) is 11.6 Å². The van der Waals surface area contributed by atoms with Crippen molar-refractivity contribution in [3.8, 4) is 11.4 Å². The highest BCUT2D eigenvalue weighted by molar-refractivity contribution is 7.05. The summed E-state index contributed by atoms with van der Waals surface area (Å²) in [4.78, 5) is 4.14. The van der Waals surface area contributed by atoms with Crippen molar-refractivity contribution in [2.75, 3.05) is 0 Å². The molecule has 0 amide bonds. The zero-order valence-corrected chi connectivity index (χ0v) is 8.72. The SMILES string of the molecule is OCc1nc(-c2ccc(Cl)cc2)ns1. The van der Waals surface area contributed by atoms with Crippen LogP contribution in [0.5, 0.6) is 0 Å². The summed E-state index contributed by atoms with van der Waals surface area (Å²) in [5, 5.41) is 10.1. The normalized spacial score (nSPS) is 10.4. The second-order valence-corrected chi connectivity index (χ2v) is 3.95. The molecule has 1 N–H and O–H groups in total. The van der Waals surface area contributed by atoms with E-state index in [-0.39, 0.29) is 6.61 Å². The molecule has 5 heteroatoms. The smallest absolute Gasteiger partial charge is 0.173 e. The van der Waals surface area contributed by atoms with E-state index in [2.05, 4.69) is 9.36 Å². The van der Waals surface area contributed by atoms with Gasteiger partial charge in [0, 0.05) is 10.6 Å². The van der Waals surface area contributed by atoms with Crippen LogP contribution in [0, 0.1) is 0 Å². The quantitative estimate of drug-likeness (QED) is 0.855. The molecule has 0 atom stereocenters. The second-order valence-electron chi connectivity index (χ2n) is 2.68. The van der Waals surface area contributed by atoms with Crippen LogP contribution in [0.4, 0.5) is 0 Å². The molecule has 1 aromatic heterocycles. The van der Waals surface area contributed by atoms with E-state index in [1.54, 1.807) is 12.1 Å². The van der Waals surface area contributed by atoms with Gasteiger partial charge in [-0.3, -0.25) is 0 Å². The molecule has 2 rings (SSSR count). The van der Waals surface area contributed by atoms with Crippen molar-refractivity contribution in [1.29, 1.82) is 0 Å². The van der Waals surface area contributed by atoms with Gasteiger partial charge in [-0.25, -0.2) is 4.98 Å². The van der Waals surface area contributed by atoms with Gasteiger partial charge < -0.3 is 5.11 Å². The highest BCUT2D eigenvalue weighted by atomic mass is 35.5. The van der Waals surface area contributed by atoms with Gasteiger partial charge in [-0.2, -0.15) is 4.37 Å². The summed E-state index contributed by atoms with van der Waals surface area (Å²) in [6.07, 6.45) is 0. The highest BCUT2D eigenvalue weighted by Gasteiger charge is 2.04. The zero-order valence-electron chi connectivity index (χ0n) is 7.14. The monoisotopic (exact) mass is 226 g/mol. The first kappa shape index (κ1) is 9.58. The molecule has 14 heavy (non-hydrogen) atoms. The molecule has 0 fully saturated rings. The predicted molar refractivity (Wildman–Crippen MR) is 56.3 cm³/mol. The van der Waals surface area contributed by atoms with Crippen LogP contribution in [-0.4, -0.2) is 14.5 Å². The number of rotatable bonds is 2. The lowest BCUT2D eigenvalue weighted by Gasteiger charge is -1.94. The minimum atomic E-state index is -0.0642. The summed E-state index contributed by atoms with van der Waals surface area (Å²) < 4.78 is 4.11. The van der Waals surface area contributed by atoms with Crippen LogP contribution in [-0.2, 0) is 6.61 Å². The molecule has 2 aromatic rings. The zero-order chi connectivity index (χ0) is 9.97.